The van der Waals surface area contributed by atoms with Gasteiger partial charge in [0.1, 0.15) is 0 Å². The first kappa shape index (κ1) is 17.3. The fraction of sp³-hybridized carbons (Fsp3) is 0.286. The summed E-state index contributed by atoms with van der Waals surface area (Å²) in [7, 11) is 0. The Morgan fingerprint density at radius 2 is 1.93 bits per heavy atom. The molecule has 0 amide bonds. The third kappa shape index (κ3) is 4.16. The Bertz CT molecular complexity index is 948. The average Bonchev–Trinajstić information content (AvgIpc) is 2.94. The Hall–Kier alpha value is -3.15. The first-order valence-corrected chi connectivity index (χ1v) is 9.30. The van der Waals surface area contributed by atoms with Crippen LogP contribution in [0.4, 0.5) is 5.69 Å². The number of nitrogens with two attached hydrogens (primary N) is 1. The molecule has 0 atom stereocenters. The Balaban J connectivity index is 1.31. The number of hydrogen-bond donors (Lipinski definition) is 2. The van der Waals surface area contributed by atoms with Crippen molar-refractivity contribution in [3.8, 4) is 11.5 Å². The van der Waals surface area contributed by atoms with Gasteiger partial charge >= 0.3 is 0 Å². The number of benzene rings is 2. The quantitative estimate of drug-likeness (QED) is 0.412. The van der Waals surface area contributed by atoms with Crippen LogP contribution in [-0.4, -0.2) is 30.3 Å². The van der Waals surface area contributed by atoms with Gasteiger partial charge in [0.15, 0.2) is 17.5 Å². The molecule has 3 N–H and O–H groups in total. The number of hydrogen-bond acceptors (Lipinski definition) is 3. The van der Waals surface area contributed by atoms with Crippen molar-refractivity contribution in [2.45, 2.75) is 19.4 Å². The SMILES string of the molecule is NC(=NCCCn1ccc2ccccc21)Nc1ccc2c(c1)OCCCO2. The zero-order valence-corrected chi connectivity index (χ0v) is 15.2. The molecule has 2 aromatic carbocycles. The molecule has 0 unspecified atom stereocenters. The van der Waals surface area contributed by atoms with Gasteiger partial charge in [-0.1, -0.05) is 18.2 Å². The third-order valence-corrected chi connectivity index (χ3v) is 4.54. The summed E-state index contributed by atoms with van der Waals surface area (Å²) in [5.74, 6) is 1.92. The number of fused-ring (bicyclic) bond motifs is 2. The van der Waals surface area contributed by atoms with Gasteiger partial charge in [-0.2, -0.15) is 0 Å². The van der Waals surface area contributed by atoms with Crippen LogP contribution in [-0.2, 0) is 6.54 Å². The van der Waals surface area contributed by atoms with Gasteiger partial charge in [-0.3, -0.25) is 4.99 Å². The van der Waals surface area contributed by atoms with Gasteiger partial charge in [-0.05, 0) is 36.1 Å². The number of rotatable bonds is 5. The highest BCUT2D eigenvalue weighted by atomic mass is 16.5. The maximum absolute atomic E-state index is 6.02. The predicted octanol–water partition coefficient (Wildman–Crippen LogP) is 3.62. The van der Waals surface area contributed by atoms with Crippen molar-refractivity contribution in [1.29, 1.82) is 0 Å². The van der Waals surface area contributed by atoms with Crippen LogP contribution in [0.5, 0.6) is 11.5 Å². The zero-order chi connectivity index (χ0) is 18.5. The molecule has 0 saturated heterocycles. The molecule has 1 aromatic heterocycles. The maximum Gasteiger partial charge on any atom is 0.193 e. The molecular weight excluding hydrogens is 340 g/mol. The lowest BCUT2D eigenvalue weighted by molar-refractivity contribution is 0.297. The molecule has 0 radical (unpaired) electrons. The smallest absolute Gasteiger partial charge is 0.193 e. The van der Waals surface area contributed by atoms with Gasteiger partial charge in [-0.15, -0.1) is 0 Å². The summed E-state index contributed by atoms with van der Waals surface area (Å²) in [6.07, 6.45) is 3.92. The minimum Gasteiger partial charge on any atom is -0.490 e. The zero-order valence-electron chi connectivity index (χ0n) is 15.2. The molecule has 0 aliphatic carbocycles. The van der Waals surface area contributed by atoms with Crippen LogP contribution in [0.2, 0.25) is 0 Å². The van der Waals surface area contributed by atoms with E-state index in [9.17, 15) is 0 Å². The molecule has 6 heteroatoms. The summed E-state index contributed by atoms with van der Waals surface area (Å²) in [5.41, 5.74) is 8.12. The molecule has 1 aliphatic heterocycles. The molecule has 0 bridgehead atoms. The number of nitrogens with zero attached hydrogens (tertiary/aromatic N) is 2. The van der Waals surface area contributed by atoms with Crippen molar-refractivity contribution in [2.24, 2.45) is 10.7 Å². The van der Waals surface area contributed by atoms with Crippen molar-refractivity contribution in [2.75, 3.05) is 25.1 Å². The second-order valence-corrected chi connectivity index (χ2v) is 6.53. The van der Waals surface area contributed by atoms with E-state index in [2.05, 4.69) is 51.4 Å². The fourth-order valence-corrected chi connectivity index (χ4v) is 3.20. The van der Waals surface area contributed by atoms with E-state index in [0.717, 1.165) is 36.6 Å². The Kier molecular flexibility index (Phi) is 5.14. The van der Waals surface area contributed by atoms with Crippen LogP contribution >= 0.6 is 0 Å². The van der Waals surface area contributed by atoms with E-state index in [1.807, 2.05) is 18.2 Å². The molecule has 4 rings (SSSR count). The van der Waals surface area contributed by atoms with E-state index < -0.39 is 0 Å². The summed E-state index contributed by atoms with van der Waals surface area (Å²) >= 11 is 0. The van der Waals surface area contributed by atoms with Crippen LogP contribution < -0.4 is 20.5 Å². The van der Waals surface area contributed by atoms with E-state index in [1.165, 1.54) is 10.9 Å². The van der Waals surface area contributed by atoms with E-state index in [-0.39, 0.29) is 0 Å². The topological polar surface area (TPSA) is 73.8 Å². The number of aliphatic imine (C=N–C) groups is 1. The molecule has 27 heavy (non-hydrogen) atoms. The fourth-order valence-electron chi connectivity index (χ4n) is 3.20. The van der Waals surface area contributed by atoms with E-state index in [0.29, 0.717) is 25.7 Å². The number of aromatic nitrogens is 1. The van der Waals surface area contributed by atoms with Crippen molar-refractivity contribution in [3.63, 3.8) is 0 Å². The normalized spacial score (nSPS) is 14.1. The van der Waals surface area contributed by atoms with E-state index in [1.54, 1.807) is 0 Å². The van der Waals surface area contributed by atoms with E-state index in [4.69, 9.17) is 15.2 Å². The van der Waals surface area contributed by atoms with Gasteiger partial charge in [0.25, 0.3) is 0 Å². The average molecular weight is 364 g/mol. The van der Waals surface area contributed by atoms with Gasteiger partial charge < -0.3 is 25.1 Å². The highest BCUT2D eigenvalue weighted by molar-refractivity contribution is 5.92. The first-order chi connectivity index (χ1) is 13.3. The monoisotopic (exact) mass is 364 g/mol. The minimum absolute atomic E-state index is 0.404. The molecule has 140 valence electrons. The minimum atomic E-state index is 0.404. The highest BCUT2D eigenvalue weighted by Gasteiger charge is 2.10. The summed E-state index contributed by atoms with van der Waals surface area (Å²) in [4.78, 5) is 4.43. The van der Waals surface area contributed by atoms with Crippen LogP contribution in [0.15, 0.2) is 59.7 Å². The number of nitrogens with one attached hydrogen (secondary N) is 1. The second kappa shape index (κ2) is 8.03. The highest BCUT2D eigenvalue weighted by Crippen LogP contribution is 2.32. The van der Waals surface area contributed by atoms with Crippen molar-refractivity contribution >= 4 is 22.5 Å². The van der Waals surface area contributed by atoms with Crippen LogP contribution in [0.25, 0.3) is 10.9 Å². The lowest BCUT2D eigenvalue weighted by Crippen LogP contribution is -2.23. The Morgan fingerprint density at radius 1 is 1.07 bits per heavy atom. The van der Waals surface area contributed by atoms with Crippen LogP contribution in [0.1, 0.15) is 12.8 Å². The summed E-state index contributed by atoms with van der Waals surface area (Å²) < 4.78 is 13.6. The molecule has 6 nitrogen and oxygen atoms in total. The third-order valence-electron chi connectivity index (χ3n) is 4.54. The van der Waals surface area contributed by atoms with Gasteiger partial charge in [-0.25, -0.2) is 0 Å². The summed E-state index contributed by atoms with van der Waals surface area (Å²) in [6, 6.07) is 16.2. The first-order valence-electron chi connectivity index (χ1n) is 9.30. The predicted molar refractivity (Wildman–Crippen MR) is 109 cm³/mol. The number of anilines is 1. The van der Waals surface area contributed by atoms with E-state index >= 15 is 0 Å². The number of guanidine groups is 1. The number of ether oxygens (including phenoxy) is 2. The molecule has 2 heterocycles. The molecule has 0 fully saturated rings. The lowest BCUT2D eigenvalue weighted by atomic mass is 10.2. The van der Waals surface area contributed by atoms with Gasteiger partial charge in [0, 0.05) is 43.0 Å². The van der Waals surface area contributed by atoms with Crippen LogP contribution in [0, 0.1) is 0 Å². The van der Waals surface area contributed by atoms with Gasteiger partial charge in [0.2, 0.25) is 0 Å². The summed E-state index contributed by atoms with van der Waals surface area (Å²) in [5, 5.41) is 4.38. The van der Waals surface area contributed by atoms with Crippen molar-refractivity contribution in [3.05, 3.63) is 54.7 Å². The van der Waals surface area contributed by atoms with Gasteiger partial charge in [0.05, 0.1) is 13.2 Å². The van der Waals surface area contributed by atoms with Crippen molar-refractivity contribution in [1.82, 2.24) is 4.57 Å². The number of aryl methyl sites for hydroxylation is 1. The second-order valence-electron chi connectivity index (χ2n) is 6.53. The Morgan fingerprint density at radius 3 is 2.85 bits per heavy atom. The lowest BCUT2D eigenvalue weighted by Gasteiger charge is -2.11. The molecule has 3 aromatic rings. The largest absolute Gasteiger partial charge is 0.490 e. The molecular formula is C21H24N4O2. The van der Waals surface area contributed by atoms with Crippen molar-refractivity contribution < 1.29 is 9.47 Å². The van der Waals surface area contributed by atoms with Crippen LogP contribution in [0.3, 0.4) is 0 Å². The molecule has 0 spiro atoms. The Labute approximate surface area is 158 Å². The molecule has 0 saturated carbocycles. The number of para-hydroxylation sites is 1. The molecule has 1 aliphatic rings. The summed E-state index contributed by atoms with van der Waals surface area (Å²) in [6.45, 7) is 2.92. The standard InChI is InChI=1S/C21H24N4O2/c22-21(24-17-7-8-19-20(15-17)27-14-4-13-26-19)23-10-3-11-25-12-9-16-5-1-2-6-18(16)25/h1-2,5-9,12,15H,3-4,10-11,13-14H2,(H3,22,23,24). The maximum atomic E-state index is 6.02.